The number of hydrogen-bond acceptors (Lipinski definition) is 6. The Balaban J connectivity index is 1.66. The summed E-state index contributed by atoms with van der Waals surface area (Å²) in [5.74, 6) is 1.61. The molecule has 1 atom stereocenters. The van der Waals surface area contributed by atoms with E-state index < -0.39 is 0 Å². The SMILES string of the molecule is COc1cccc(NC(=O)C(C)SCc2nc3sc(C)c(C)c3c(=O)[nH]2)c1. The lowest BCUT2D eigenvalue weighted by molar-refractivity contribution is -0.115. The molecule has 27 heavy (non-hydrogen) atoms. The van der Waals surface area contributed by atoms with Crippen LogP contribution in [0.5, 0.6) is 5.75 Å². The molecule has 3 aromatic rings. The minimum Gasteiger partial charge on any atom is -0.497 e. The Bertz CT molecular complexity index is 1040. The maximum atomic E-state index is 12.4. The van der Waals surface area contributed by atoms with E-state index in [0.717, 1.165) is 15.3 Å². The summed E-state index contributed by atoms with van der Waals surface area (Å²) in [4.78, 5) is 34.0. The molecule has 0 saturated heterocycles. The standard InChI is InChI=1S/C19H21N3O3S2/c1-10-11(2)27-19-16(10)18(24)21-15(22-19)9-26-12(3)17(23)20-13-6-5-7-14(8-13)25-4/h5-8,12H,9H2,1-4H3,(H,20,23)(H,21,22,24). The summed E-state index contributed by atoms with van der Waals surface area (Å²) < 4.78 is 5.16. The third kappa shape index (κ3) is 4.33. The minimum absolute atomic E-state index is 0.112. The van der Waals surface area contributed by atoms with Crippen molar-refractivity contribution in [2.45, 2.75) is 31.8 Å². The molecule has 6 nitrogen and oxygen atoms in total. The number of carbonyl (C=O) groups is 1. The molecule has 0 aliphatic heterocycles. The van der Waals surface area contributed by atoms with Gasteiger partial charge in [-0.15, -0.1) is 23.1 Å². The van der Waals surface area contributed by atoms with E-state index in [-0.39, 0.29) is 16.7 Å². The van der Waals surface area contributed by atoms with Crippen molar-refractivity contribution >= 4 is 44.9 Å². The Morgan fingerprint density at radius 3 is 2.93 bits per heavy atom. The molecule has 1 aromatic carbocycles. The zero-order valence-electron chi connectivity index (χ0n) is 15.6. The highest BCUT2D eigenvalue weighted by molar-refractivity contribution is 7.99. The van der Waals surface area contributed by atoms with Crippen LogP contribution in [-0.4, -0.2) is 28.2 Å². The van der Waals surface area contributed by atoms with Gasteiger partial charge in [0.1, 0.15) is 16.4 Å². The lowest BCUT2D eigenvalue weighted by atomic mass is 10.2. The monoisotopic (exact) mass is 403 g/mol. The molecule has 2 aromatic heterocycles. The molecular weight excluding hydrogens is 382 g/mol. The number of ether oxygens (including phenoxy) is 1. The number of thiophene rings is 1. The van der Waals surface area contributed by atoms with Gasteiger partial charge in [0.25, 0.3) is 5.56 Å². The number of hydrogen-bond donors (Lipinski definition) is 2. The molecule has 142 valence electrons. The van der Waals surface area contributed by atoms with Gasteiger partial charge in [0, 0.05) is 16.6 Å². The van der Waals surface area contributed by atoms with Crippen LogP contribution >= 0.6 is 23.1 Å². The van der Waals surface area contributed by atoms with E-state index in [1.165, 1.54) is 23.1 Å². The van der Waals surface area contributed by atoms with Crippen LogP contribution in [0.15, 0.2) is 29.1 Å². The lowest BCUT2D eigenvalue weighted by Crippen LogP contribution is -2.23. The topological polar surface area (TPSA) is 84.1 Å². The Hall–Kier alpha value is -2.32. The van der Waals surface area contributed by atoms with Crippen molar-refractivity contribution in [2.75, 3.05) is 12.4 Å². The highest BCUT2D eigenvalue weighted by Crippen LogP contribution is 2.26. The number of thioether (sulfide) groups is 1. The molecule has 0 bridgehead atoms. The molecule has 2 heterocycles. The van der Waals surface area contributed by atoms with Gasteiger partial charge in [0.2, 0.25) is 5.91 Å². The number of carbonyl (C=O) groups excluding carboxylic acids is 1. The van der Waals surface area contributed by atoms with Crippen LogP contribution in [0, 0.1) is 13.8 Å². The molecule has 0 spiro atoms. The second kappa shape index (κ2) is 8.14. The molecule has 0 aliphatic carbocycles. The van der Waals surface area contributed by atoms with Crippen LogP contribution in [0.2, 0.25) is 0 Å². The van der Waals surface area contributed by atoms with Gasteiger partial charge in [-0.1, -0.05) is 6.07 Å². The quantitative estimate of drug-likeness (QED) is 0.653. The molecule has 0 radical (unpaired) electrons. The van der Waals surface area contributed by atoms with Gasteiger partial charge < -0.3 is 15.0 Å². The lowest BCUT2D eigenvalue weighted by Gasteiger charge is -2.12. The Morgan fingerprint density at radius 2 is 2.19 bits per heavy atom. The third-order valence-electron chi connectivity index (χ3n) is 4.26. The molecule has 0 aliphatic rings. The van der Waals surface area contributed by atoms with Gasteiger partial charge in [0.05, 0.1) is 23.5 Å². The second-order valence-electron chi connectivity index (χ2n) is 6.15. The van der Waals surface area contributed by atoms with Gasteiger partial charge in [0.15, 0.2) is 0 Å². The number of anilines is 1. The first-order valence-corrected chi connectivity index (χ1v) is 10.3. The van der Waals surface area contributed by atoms with Crippen LogP contribution in [0.25, 0.3) is 10.2 Å². The molecule has 8 heteroatoms. The van der Waals surface area contributed by atoms with Gasteiger partial charge in [-0.3, -0.25) is 9.59 Å². The van der Waals surface area contributed by atoms with Crippen molar-refractivity contribution in [3.05, 3.63) is 50.9 Å². The number of nitrogens with zero attached hydrogens (tertiary/aromatic N) is 1. The molecule has 2 N–H and O–H groups in total. The number of nitrogens with one attached hydrogen (secondary N) is 2. The van der Waals surface area contributed by atoms with Crippen LogP contribution < -0.4 is 15.6 Å². The first kappa shape index (κ1) is 19.4. The highest BCUT2D eigenvalue weighted by Gasteiger charge is 2.16. The summed E-state index contributed by atoms with van der Waals surface area (Å²) >= 11 is 2.95. The first-order valence-electron chi connectivity index (χ1n) is 8.44. The Kier molecular flexibility index (Phi) is 5.86. The second-order valence-corrected chi connectivity index (χ2v) is 8.68. The van der Waals surface area contributed by atoms with E-state index in [2.05, 4.69) is 15.3 Å². The highest BCUT2D eigenvalue weighted by atomic mass is 32.2. The summed E-state index contributed by atoms with van der Waals surface area (Å²) in [5.41, 5.74) is 1.55. The van der Waals surface area contributed by atoms with Crippen LogP contribution in [0.3, 0.4) is 0 Å². The molecule has 1 amide bonds. The predicted molar refractivity (Wildman–Crippen MR) is 112 cm³/mol. The Morgan fingerprint density at radius 1 is 1.41 bits per heavy atom. The van der Waals surface area contributed by atoms with Crippen LogP contribution in [0.1, 0.15) is 23.2 Å². The smallest absolute Gasteiger partial charge is 0.259 e. The van der Waals surface area contributed by atoms with Gasteiger partial charge >= 0.3 is 0 Å². The van der Waals surface area contributed by atoms with Crippen LogP contribution in [0.4, 0.5) is 5.69 Å². The van der Waals surface area contributed by atoms with Crippen molar-refractivity contribution in [3.63, 3.8) is 0 Å². The van der Waals surface area contributed by atoms with Gasteiger partial charge in [-0.05, 0) is 38.5 Å². The number of aromatic amines is 1. The average molecular weight is 404 g/mol. The van der Waals surface area contributed by atoms with Gasteiger partial charge in [-0.25, -0.2) is 4.98 Å². The van der Waals surface area contributed by atoms with E-state index in [1.807, 2.05) is 39.0 Å². The van der Waals surface area contributed by atoms with Crippen molar-refractivity contribution in [1.29, 1.82) is 0 Å². The first-order chi connectivity index (χ1) is 12.9. The Labute approximate surface area is 165 Å². The summed E-state index contributed by atoms with van der Waals surface area (Å²) in [6.45, 7) is 5.75. The molecule has 1 unspecified atom stereocenters. The number of methoxy groups -OCH3 is 1. The number of fused-ring (bicyclic) bond motifs is 1. The number of H-pyrrole nitrogens is 1. The number of benzene rings is 1. The van der Waals surface area contributed by atoms with E-state index in [9.17, 15) is 9.59 Å². The van der Waals surface area contributed by atoms with Crippen molar-refractivity contribution < 1.29 is 9.53 Å². The fourth-order valence-electron chi connectivity index (χ4n) is 2.59. The molecule has 3 rings (SSSR count). The zero-order chi connectivity index (χ0) is 19.6. The van der Waals surface area contributed by atoms with Crippen molar-refractivity contribution in [1.82, 2.24) is 9.97 Å². The fraction of sp³-hybridized carbons (Fsp3) is 0.316. The summed E-state index contributed by atoms with van der Waals surface area (Å²) in [5, 5.41) is 3.23. The maximum Gasteiger partial charge on any atom is 0.259 e. The van der Waals surface area contributed by atoms with E-state index in [1.54, 1.807) is 13.2 Å². The number of rotatable bonds is 6. The van der Waals surface area contributed by atoms with E-state index in [4.69, 9.17) is 4.74 Å². The molecule has 0 saturated carbocycles. The summed E-state index contributed by atoms with van der Waals surface area (Å²) in [6, 6.07) is 7.22. The molecular formula is C19H21N3O3S2. The minimum atomic E-state index is -0.302. The number of aromatic nitrogens is 2. The summed E-state index contributed by atoms with van der Waals surface area (Å²) in [6.07, 6.45) is 0. The van der Waals surface area contributed by atoms with E-state index >= 15 is 0 Å². The van der Waals surface area contributed by atoms with Crippen molar-refractivity contribution in [2.24, 2.45) is 0 Å². The van der Waals surface area contributed by atoms with E-state index in [0.29, 0.717) is 28.4 Å². The van der Waals surface area contributed by atoms with Crippen LogP contribution in [-0.2, 0) is 10.5 Å². The predicted octanol–water partition coefficient (Wildman–Crippen LogP) is 3.87. The number of aryl methyl sites for hydroxylation is 2. The van der Waals surface area contributed by atoms with Crippen molar-refractivity contribution in [3.8, 4) is 5.75 Å². The zero-order valence-corrected chi connectivity index (χ0v) is 17.2. The number of amides is 1. The normalized spacial score (nSPS) is 12.1. The summed E-state index contributed by atoms with van der Waals surface area (Å²) in [7, 11) is 1.58. The third-order valence-corrected chi connectivity index (χ3v) is 6.52. The van der Waals surface area contributed by atoms with Gasteiger partial charge in [-0.2, -0.15) is 0 Å². The largest absolute Gasteiger partial charge is 0.497 e. The average Bonchev–Trinajstić information content (AvgIpc) is 2.94. The maximum absolute atomic E-state index is 12.4. The molecule has 0 fully saturated rings. The fourth-order valence-corrected chi connectivity index (χ4v) is 4.40.